The van der Waals surface area contributed by atoms with Gasteiger partial charge in [-0.1, -0.05) is 11.6 Å². The lowest BCUT2D eigenvalue weighted by molar-refractivity contribution is -0.0670. The first-order valence-corrected chi connectivity index (χ1v) is 5.90. The topological polar surface area (TPSA) is 53.4 Å². The van der Waals surface area contributed by atoms with E-state index in [9.17, 15) is 9.90 Å². The fourth-order valence-corrected chi connectivity index (χ4v) is 1.99. The van der Waals surface area contributed by atoms with E-state index in [4.69, 9.17) is 11.6 Å². The molecule has 0 aromatic carbocycles. The summed E-state index contributed by atoms with van der Waals surface area (Å²) in [7, 11) is 0. The molecule has 1 aromatic heterocycles. The largest absolute Gasteiger partial charge is 0.386 e. The molecular weight excluding hydrogens is 295 g/mol. The number of halogens is 2. The molecule has 1 aromatic rings. The summed E-state index contributed by atoms with van der Waals surface area (Å²) >= 11 is 9.01. The van der Waals surface area contributed by atoms with Crippen LogP contribution < -0.4 is 0 Å². The minimum absolute atomic E-state index is 0.207. The van der Waals surface area contributed by atoms with Crippen molar-refractivity contribution in [3.05, 3.63) is 27.5 Å². The maximum absolute atomic E-state index is 11.9. The van der Waals surface area contributed by atoms with Crippen LogP contribution in [-0.4, -0.2) is 39.6 Å². The van der Waals surface area contributed by atoms with E-state index in [0.29, 0.717) is 23.3 Å². The summed E-state index contributed by atoms with van der Waals surface area (Å²) in [6.45, 7) is 2.36. The van der Waals surface area contributed by atoms with E-state index in [-0.39, 0.29) is 11.1 Å². The SMILES string of the molecule is CC1(O)CN(C(=O)c2ccc(Br)c(Cl)n2)C1. The molecule has 1 aliphatic heterocycles. The number of likely N-dealkylation sites (tertiary alicyclic amines) is 1. The van der Waals surface area contributed by atoms with Crippen LogP contribution in [0, 0.1) is 0 Å². The van der Waals surface area contributed by atoms with Crippen molar-refractivity contribution in [2.24, 2.45) is 0 Å². The Hall–Kier alpha value is -0.650. The van der Waals surface area contributed by atoms with Crippen molar-refractivity contribution in [2.75, 3.05) is 13.1 Å². The van der Waals surface area contributed by atoms with Gasteiger partial charge in [0.1, 0.15) is 10.8 Å². The summed E-state index contributed by atoms with van der Waals surface area (Å²) < 4.78 is 0.654. The van der Waals surface area contributed by atoms with Gasteiger partial charge in [0, 0.05) is 0 Å². The highest BCUT2D eigenvalue weighted by Crippen LogP contribution is 2.24. The predicted octanol–water partition coefficient (Wildman–Crippen LogP) is 1.70. The van der Waals surface area contributed by atoms with Crippen LogP contribution in [0.15, 0.2) is 16.6 Å². The standard InChI is InChI=1S/C10H10BrClN2O2/c1-10(16)4-14(5-10)9(15)7-3-2-6(11)8(12)13-7/h2-3,16H,4-5H2,1H3. The number of β-amino-alcohol motifs (C(OH)–C–C–N with tert-alkyl or cyclic N) is 1. The van der Waals surface area contributed by atoms with E-state index in [2.05, 4.69) is 20.9 Å². The van der Waals surface area contributed by atoms with Crippen molar-refractivity contribution in [3.63, 3.8) is 0 Å². The third-order valence-corrected chi connectivity index (χ3v) is 3.53. The van der Waals surface area contributed by atoms with Gasteiger partial charge in [-0.15, -0.1) is 0 Å². The molecule has 4 nitrogen and oxygen atoms in total. The molecule has 0 bridgehead atoms. The number of hydrogen-bond donors (Lipinski definition) is 1. The monoisotopic (exact) mass is 304 g/mol. The molecule has 16 heavy (non-hydrogen) atoms. The number of rotatable bonds is 1. The summed E-state index contributed by atoms with van der Waals surface area (Å²) in [5.41, 5.74) is -0.474. The van der Waals surface area contributed by atoms with E-state index >= 15 is 0 Å². The Bertz CT molecular complexity index is 442. The lowest BCUT2D eigenvalue weighted by Gasteiger charge is -2.43. The van der Waals surface area contributed by atoms with Crippen LogP contribution in [0.25, 0.3) is 0 Å². The van der Waals surface area contributed by atoms with Gasteiger partial charge in [0.25, 0.3) is 5.91 Å². The molecule has 1 N–H and O–H groups in total. The Morgan fingerprint density at radius 1 is 1.62 bits per heavy atom. The average Bonchev–Trinajstić information content (AvgIpc) is 2.17. The number of hydrogen-bond acceptors (Lipinski definition) is 3. The van der Waals surface area contributed by atoms with Gasteiger partial charge in [-0.3, -0.25) is 4.79 Å². The lowest BCUT2D eigenvalue weighted by Crippen LogP contribution is -2.61. The van der Waals surface area contributed by atoms with Crippen molar-refractivity contribution in [2.45, 2.75) is 12.5 Å². The second kappa shape index (κ2) is 3.98. The molecule has 0 spiro atoms. The number of amides is 1. The smallest absolute Gasteiger partial charge is 0.272 e. The molecule has 2 rings (SSSR count). The maximum Gasteiger partial charge on any atom is 0.272 e. The van der Waals surface area contributed by atoms with Gasteiger partial charge >= 0.3 is 0 Å². The predicted molar refractivity (Wildman–Crippen MR) is 63.5 cm³/mol. The van der Waals surface area contributed by atoms with E-state index in [1.165, 1.54) is 4.90 Å². The average molecular weight is 306 g/mol. The number of carbonyl (C=O) groups is 1. The fraction of sp³-hybridized carbons (Fsp3) is 0.400. The molecule has 1 saturated heterocycles. The fourth-order valence-electron chi connectivity index (χ4n) is 1.62. The molecule has 0 aliphatic carbocycles. The Balaban J connectivity index is 2.13. The van der Waals surface area contributed by atoms with Crippen LogP contribution in [-0.2, 0) is 0 Å². The molecule has 6 heteroatoms. The van der Waals surface area contributed by atoms with Crippen LogP contribution in [0.2, 0.25) is 5.15 Å². The third kappa shape index (κ3) is 2.21. The number of aromatic nitrogens is 1. The highest BCUT2D eigenvalue weighted by Gasteiger charge is 2.40. The van der Waals surface area contributed by atoms with Crippen LogP contribution >= 0.6 is 27.5 Å². The zero-order chi connectivity index (χ0) is 11.9. The number of aliphatic hydroxyl groups is 1. The highest BCUT2D eigenvalue weighted by molar-refractivity contribution is 9.10. The number of carbonyl (C=O) groups excluding carboxylic acids is 1. The van der Waals surface area contributed by atoms with Crippen LogP contribution in [0.1, 0.15) is 17.4 Å². The second-order valence-electron chi connectivity index (χ2n) is 4.13. The zero-order valence-electron chi connectivity index (χ0n) is 8.57. The molecule has 1 fully saturated rings. The second-order valence-corrected chi connectivity index (χ2v) is 5.34. The Labute approximate surface area is 106 Å². The van der Waals surface area contributed by atoms with Crippen LogP contribution in [0.5, 0.6) is 0 Å². The molecule has 1 aliphatic rings. The van der Waals surface area contributed by atoms with Crippen molar-refractivity contribution >= 4 is 33.4 Å². The maximum atomic E-state index is 11.9. The Morgan fingerprint density at radius 3 is 2.75 bits per heavy atom. The first-order valence-electron chi connectivity index (χ1n) is 4.73. The molecule has 0 unspecified atom stereocenters. The molecule has 2 heterocycles. The van der Waals surface area contributed by atoms with Gasteiger partial charge in [-0.2, -0.15) is 0 Å². The quantitative estimate of drug-likeness (QED) is 0.804. The van der Waals surface area contributed by atoms with Gasteiger partial charge in [0.15, 0.2) is 0 Å². The summed E-state index contributed by atoms with van der Waals surface area (Å²) in [6.07, 6.45) is 0. The molecule has 0 atom stereocenters. The third-order valence-electron chi connectivity index (χ3n) is 2.37. The summed E-state index contributed by atoms with van der Waals surface area (Å²) in [5, 5.41) is 9.79. The first-order chi connectivity index (χ1) is 7.39. The first kappa shape index (κ1) is 11.8. The molecule has 0 saturated carbocycles. The van der Waals surface area contributed by atoms with Gasteiger partial charge in [0.05, 0.1) is 23.2 Å². The van der Waals surface area contributed by atoms with E-state index in [0.717, 1.165) is 0 Å². The van der Waals surface area contributed by atoms with Gasteiger partial charge < -0.3 is 10.0 Å². The zero-order valence-corrected chi connectivity index (χ0v) is 10.9. The van der Waals surface area contributed by atoms with Crippen molar-refractivity contribution in [1.82, 2.24) is 9.88 Å². The van der Waals surface area contributed by atoms with Crippen LogP contribution in [0.4, 0.5) is 0 Å². The van der Waals surface area contributed by atoms with E-state index in [1.807, 2.05) is 0 Å². The van der Waals surface area contributed by atoms with Crippen LogP contribution in [0.3, 0.4) is 0 Å². The normalized spacial score (nSPS) is 18.1. The van der Waals surface area contributed by atoms with Crippen molar-refractivity contribution in [3.8, 4) is 0 Å². The Kier molecular flexibility index (Phi) is 2.94. The molecule has 1 amide bonds. The summed E-state index contributed by atoms with van der Waals surface area (Å²) in [5.74, 6) is -0.207. The molecular formula is C10H10BrClN2O2. The van der Waals surface area contributed by atoms with Crippen molar-refractivity contribution < 1.29 is 9.90 Å². The highest BCUT2D eigenvalue weighted by atomic mass is 79.9. The van der Waals surface area contributed by atoms with Gasteiger partial charge in [-0.05, 0) is 35.0 Å². The summed E-state index contributed by atoms with van der Waals surface area (Å²) in [6, 6.07) is 3.28. The minimum atomic E-state index is -0.769. The number of pyridine rings is 1. The van der Waals surface area contributed by atoms with Gasteiger partial charge in [-0.25, -0.2) is 4.98 Å². The van der Waals surface area contributed by atoms with E-state index < -0.39 is 5.60 Å². The number of nitrogens with zero attached hydrogens (tertiary/aromatic N) is 2. The van der Waals surface area contributed by atoms with Gasteiger partial charge in [0.2, 0.25) is 0 Å². The Morgan fingerprint density at radius 2 is 2.25 bits per heavy atom. The molecule has 86 valence electrons. The lowest BCUT2D eigenvalue weighted by atomic mass is 9.96. The summed E-state index contributed by atoms with van der Waals surface area (Å²) in [4.78, 5) is 17.4. The molecule has 0 radical (unpaired) electrons. The van der Waals surface area contributed by atoms with E-state index in [1.54, 1.807) is 19.1 Å². The van der Waals surface area contributed by atoms with Crippen molar-refractivity contribution in [1.29, 1.82) is 0 Å². The minimum Gasteiger partial charge on any atom is -0.386 e.